The van der Waals surface area contributed by atoms with Crippen molar-refractivity contribution >= 4 is 12.1 Å². The normalized spacial score (nSPS) is 20.9. The van der Waals surface area contributed by atoms with Gasteiger partial charge in [0, 0.05) is 6.42 Å². The zero-order valence-electron chi connectivity index (χ0n) is 7.19. The van der Waals surface area contributed by atoms with Crippen LogP contribution in [0.4, 0.5) is 0 Å². The molecule has 0 saturated heterocycles. The third kappa shape index (κ3) is 1.28. The second kappa shape index (κ2) is 3.13. The molecule has 0 N–H and O–H groups in total. The summed E-state index contributed by atoms with van der Waals surface area (Å²) in [5, 5.41) is 0. The van der Waals surface area contributed by atoms with Gasteiger partial charge in [-0.1, -0.05) is 24.3 Å². The quantitative estimate of drug-likeness (QED) is 0.477. The number of carbonyl (C=O) groups is 2. The van der Waals surface area contributed by atoms with Gasteiger partial charge in [0.25, 0.3) is 0 Å². The van der Waals surface area contributed by atoms with Crippen molar-refractivity contribution in [2.45, 2.75) is 18.8 Å². The van der Waals surface area contributed by atoms with E-state index < -0.39 is 5.92 Å². The van der Waals surface area contributed by atoms with Crippen LogP contribution in [0.15, 0.2) is 24.3 Å². The molecule has 0 aliphatic heterocycles. The monoisotopic (exact) mass is 174 g/mol. The number of carbonyl (C=O) groups excluding carboxylic acids is 2. The van der Waals surface area contributed by atoms with E-state index in [0.717, 1.165) is 23.8 Å². The molecule has 0 bridgehead atoms. The van der Waals surface area contributed by atoms with Crippen LogP contribution in [0.5, 0.6) is 0 Å². The zero-order valence-corrected chi connectivity index (χ0v) is 7.19. The first-order valence-electron chi connectivity index (χ1n) is 4.38. The number of aryl methyl sites for hydroxylation is 1. The van der Waals surface area contributed by atoms with Gasteiger partial charge < -0.3 is 4.79 Å². The van der Waals surface area contributed by atoms with Crippen LogP contribution in [0, 0.1) is 0 Å². The highest BCUT2D eigenvalue weighted by Crippen LogP contribution is 2.27. The average molecular weight is 174 g/mol. The van der Waals surface area contributed by atoms with E-state index in [1.54, 1.807) is 0 Å². The molecule has 1 atom stereocenters. The Labute approximate surface area is 76.6 Å². The van der Waals surface area contributed by atoms with Crippen molar-refractivity contribution < 1.29 is 9.59 Å². The molecule has 1 unspecified atom stereocenters. The minimum absolute atomic E-state index is 0.0497. The maximum absolute atomic E-state index is 11.4. The molecule has 1 aliphatic carbocycles. The molecule has 0 amide bonds. The lowest BCUT2D eigenvalue weighted by Gasteiger charge is -2.19. The Morgan fingerprint density at radius 3 is 2.77 bits per heavy atom. The number of ketones is 1. The summed E-state index contributed by atoms with van der Waals surface area (Å²) >= 11 is 0. The standard InChI is InChI=1S/C11H10O2/c12-7-10-9-4-2-1-3-8(9)5-6-11(10)13/h1-4,7,10H,5-6H2. The largest absolute Gasteiger partial charge is 0.302 e. The Hall–Kier alpha value is -1.44. The maximum Gasteiger partial charge on any atom is 0.147 e. The molecule has 2 heteroatoms. The predicted molar refractivity (Wildman–Crippen MR) is 48.6 cm³/mol. The first kappa shape index (κ1) is 8.17. The summed E-state index contributed by atoms with van der Waals surface area (Å²) in [4.78, 5) is 22.1. The van der Waals surface area contributed by atoms with Crippen molar-refractivity contribution in [2.75, 3.05) is 0 Å². The van der Waals surface area contributed by atoms with Crippen LogP contribution in [-0.4, -0.2) is 12.1 Å². The van der Waals surface area contributed by atoms with Crippen LogP contribution in [-0.2, 0) is 16.0 Å². The molecule has 0 fully saturated rings. The van der Waals surface area contributed by atoms with E-state index in [1.165, 1.54) is 0 Å². The molecule has 0 aromatic heterocycles. The van der Waals surface area contributed by atoms with E-state index >= 15 is 0 Å². The molecular formula is C11H10O2. The number of rotatable bonds is 1. The Bertz CT molecular complexity index is 355. The maximum atomic E-state index is 11.4. The van der Waals surface area contributed by atoms with Crippen molar-refractivity contribution in [1.29, 1.82) is 0 Å². The predicted octanol–water partition coefficient (Wildman–Crippen LogP) is 1.48. The second-order valence-electron chi connectivity index (χ2n) is 3.28. The lowest BCUT2D eigenvalue weighted by Crippen LogP contribution is -2.21. The Morgan fingerprint density at radius 1 is 1.23 bits per heavy atom. The summed E-state index contributed by atoms with van der Waals surface area (Å²) in [5.41, 5.74) is 2.04. The van der Waals surface area contributed by atoms with Gasteiger partial charge in [0.1, 0.15) is 12.1 Å². The van der Waals surface area contributed by atoms with E-state index in [1.807, 2.05) is 24.3 Å². The van der Waals surface area contributed by atoms with Gasteiger partial charge in [-0.25, -0.2) is 0 Å². The summed E-state index contributed by atoms with van der Waals surface area (Å²) in [6, 6.07) is 7.66. The first-order valence-corrected chi connectivity index (χ1v) is 4.38. The van der Waals surface area contributed by atoms with Crippen LogP contribution in [0.1, 0.15) is 23.5 Å². The lowest BCUT2D eigenvalue weighted by molar-refractivity contribution is -0.124. The van der Waals surface area contributed by atoms with Gasteiger partial charge in [-0.05, 0) is 17.5 Å². The molecule has 1 aliphatic rings. The van der Waals surface area contributed by atoms with Gasteiger partial charge in [-0.3, -0.25) is 4.79 Å². The Balaban J connectivity index is 2.50. The smallest absolute Gasteiger partial charge is 0.147 e. The number of Topliss-reactive ketones (excluding diaryl/α,β-unsaturated/α-hetero) is 1. The molecule has 2 rings (SSSR count). The number of aldehydes is 1. The number of hydrogen-bond donors (Lipinski definition) is 0. The summed E-state index contributed by atoms with van der Waals surface area (Å²) in [6.45, 7) is 0. The highest BCUT2D eigenvalue weighted by atomic mass is 16.1. The van der Waals surface area contributed by atoms with Gasteiger partial charge in [0.15, 0.2) is 0 Å². The third-order valence-electron chi connectivity index (χ3n) is 2.51. The fourth-order valence-electron chi connectivity index (χ4n) is 1.80. The van der Waals surface area contributed by atoms with Gasteiger partial charge in [0.05, 0.1) is 5.92 Å². The molecule has 0 radical (unpaired) electrons. The van der Waals surface area contributed by atoms with Gasteiger partial charge in [0.2, 0.25) is 0 Å². The van der Waals surface area contributed by atoms with Crippen molar-refractivity contribution in [3.05, 3.63) is 35.4 Å². The molecule has 1 aromatic rings. The summed E-state index contributed by atoms with van der Waals surface area (Å²) < 4.78 is 0. The van der Waals surface area contributed by atoms with Crippen LogP contribution < -0.4 is 0 Å². The topological polar surface area (TPSA) is 34.1 Å². The van der Waals surface area contributed by atoms with Gasteiger partial charge in [-0.15, -0.1) is 0 Å². The zero-order chi connectivity index (χ0) is 9.26. The summed E-state index contributed by atoms with van der Waals surface area (Å²) in [5.74, 6) is -0.460. The van der Waals surface area contributed by atoms with Crippen molar-refractivity contribution in [3.63, 3.8) is 0 Å². The summed E-state index contributed by atoms with van der Waals surface area (Å²) in [6.07, 6.45) is 2.03. The Kier molecular flexibility index (Phi) is 1.97. The number of hydrogen-bond acceptors (Lipinski definition) is 2. The average Bonchev–Trinajstić information content (AvgIpc) is 2.18. The van der Waals surface area contributed by atoms with Crippen LogP contribution in [0.3, 0.4) is 0 Å². The number of benzene rings is 1. The molecule has 66 valence electrons. The van der Waals surface area contributed by atoms with Crippen LogP contribution in [0.25, 0.3) is 0 Å². The molecule has 13 heavy (non-hydrogen) atoms. The molecule has 0 spiro atoms. The van der Waals surface area contributed by atoms with E-state index in [9.17, 15) is 9.59 Å². The Morgan fingerprint density at radius 2 is 2.00 bits per heavy atom. The van der Waals surface area contributed by atoms with Crippen LogP contribution in [0.2, 0.25) is 0 Å². The highest BCUT2D eigenvalue weighted by Gasteiger charge is 2.26. The third-order valence-corrected chi connectivity index (χ3v) is 2.51. The van der Waals surface area contributed by atoms with Crippen molar-refractivity contribution in [2.24, 2.45) is 0 Å². The van der Waals surface area contributed by atoms with Crippen molar-refractivity contribution in [3.8, 4) is 0 Å². The fourth-order valence-corrected chi connectivity index (χ4v) is 1.80. The molecular weight excluding hydrogens is 164 g/mol. The van der Waals surface area contributed by atoms with Crippen molar-refractivity contribution in [1.82, 2.24) is 0 Å². The van der Waals surface area contributed by atoms with Gasteiger partial charge in [-0.2, -0.15) is 0 Å². The fraction of sp³-hybridized carbons (Fsp3) is 0.273. The molecule has 0 saturated carbocycles. The van der Waals surface area contributed by atoms with E-state index in [2.05, 4.69) is 0 Å². The van der Waals surface area contributed by atoms with Gasteiger partial charge >= 0.3 is 0 Å². The van der Waals surface area contributed by atoms with E-state index in [0.29, 0.717) is 6.42 Å². The van der Waals surface area contributed by atoms with Crippen LogP contribution >= 0.6 is 0 Å². The highest BCUT2D eigenvalue weighted by molar-refractivity contribution is 6.00. The summed E-state index contributed by atoms with van der Waals surface area (Å²) in [7, 11) is 0. The SMILES string of the molecule is O=CC1C(=O)CCc2ccccc21. The number of fused-ring (bicyclic) bond motifs is 1. The molecule has 2 nitrogen and oxygen atoms in total. The second-order valence-corrected chi connectivity index (χ2v) is 3.28. The van der Waals surface area contributed by atoms with E-state index in [-0.39, 0.29) is 5.78 Å². The first-order chi connectivity index (χ1) is 6.33. The van der Waals surface area contributed by atoms with E-state index in [4.69, 9.17) is 0 Å². The minimum Gasteiger partial charge on any atom is -0.302 e. The molecule has 1 aromatic carbocycles. The lowest BCUT2D eigenvalue weighted by atomic mass is 9.83. The minimum atomic E-state index is -0.509. The molecule has 0 heterocycles.